The molecule has 3 amide bonds. The molecule has 204 valence electrons. The number of anilines is 1. The van der Waals surface area contributed by atoms with Crippen molar-refractivity contribution in [1.29, 1.82) is 0 Å². The third-order valence-electron chi connectivity index (χ3n) is 5.06. The summed E-state index contributed by atoms with van der Waals surface area (Å²) in [5.74, 6) is -1.60. The fraction of sp³-hybridized carbons (Fsp3) is 0.571. The van der Waals surface area contributed by atoms with Crippen LogP contribution in [-0.2, 0) is 4.79 Å². The maximum Gasteiger partial charge on any atom is 0.253 e. The molecule has 0 radical (unpaired) electrons. The number of nitrogens with one attached hydrogen (secondary N) is 2. The zero-order valence-electron chi connectivity index (χ0n) is 19.5. The normalized spacial score (nSPS) is 14.5. The third kappa shape index (κ3) is 9.40. The summed E-state index contributed by atoms with van der Waals surface area (Å²) in [5.41, 5.74) is 0.513. The van der Waals surface area contributed by atoms with E-state index in [9.17, 15) is 34.8 Å². The highest BCUT2D eigenvalue weighted by Crippen LogP contribution is 2.37. The highest BCUT2D eigenvalue weighted by atomic mass is 127. The van der Waals surface area contributed by atoms with Gasteiger partial charge in [0.1, 0.15) is 0 Å². The molecule has 1 aromatic carbocycles. The van der Waals surface area contributed by atoms with E-state index < -0.39 is 49.4 Å². The Morgan fingerprint density at radius 3 is 1.42 bits per heavy atom. The van der Waals surface area contributed by atoms with E-state index in [-0.39, 0.29) is 46.5 Å². The number of hydrogen-bond donors (Lipinski definition) is 8. The number of rotatable bonds is 13. The number of benzene rings is 1. The molecule has 12 nitrogen and oxygen atoms in total. The predicted molar refractivity (Wildman–Crippen MR) is 156 cm³/mol. The lowest BCUT2D eigenvalue weighted by atomic mass is 10.1. The topological polar surface area (TPSA) is 200 Å². The standard InChI is InChI=1S/C21H30I3N3O9/c1-9(30)27(2)19-17(23)14(20(35)25-5-10(31)3-12(33)7-28)16(22)15(18(19)24)21(36)26-6-11(32)4-13(34)8-29/h10-13,28-29,31-34H,3-8H2,1-2H3,(H,25,35)(H,26,36). The Morgan fingerprint density at radius 1 is 0.750 bits per heavy atom. The number of carbonyl (C=O) groups is 3. The molecule has 0 aliphatic heterocycles. The van der Waals surface area contributed by atoms with Crippen molar-refractivity contribution in [2.45, 2.75) is 44.2 Å². The van der Waals surface area contributed by atoms with Crippen molar-refractivity contribution >= 4 is 91.2 Å². The Kier molecular flexibility index (Phi) is 14.8. The molecular weight excluding hydrogens is 819 g/mol. The van der Waals surface area contributed by atoms with E-state index in [1.807, 2.05) is 67.8 Å². The summed E-state index contributed by atoms with van der Waals surface area (Å²) in [7, 11) is 1.50. The van der Waals surface area contributed by atoms with Crippen LogP contribution in [0.3, 0.4) is 0 Å². The van der Waals surface area contributed by atoms with Crippen LogP contribution >= 0.6 is 67.8 Å². The molecule has 8 N–H and O–H groups in total. The van der Waals surface area contributed by atoms with E-state index in [4.69, 9.17) is 10.2 Å². The van der Waals surface area contributed by atoms with Crippen LogP contribution in [0.25, 0.3) is 0 Å². The summed E-state index contributed by atoms with van der Waals surface area (Å²) >= 11 is 5.65. The number of carbonyl (C=O) groups excluding carboxylic acids is 3. The minimum Gasteiger partial charge on any atom is -0.394 e. The van der Waals surface area contributed by atoms with Crippen LogP contribution in [0.15, 0.2) is 0 Å². The largest absolute Gasteiger partial charge is 0.394 e. The van der Waals surface area contributed by atoms with Gasteiger partial charge in [-0.25, -0.2) is 0 Å². The molecule has 0 fully saturated rings. The SMILES string of the molecule is CC(=O)N(C)c1c(I)c(C(=O)NCC(O)CC(O)CO)c(I)c(C(=O)NCC(O)CC(O)CO)c1I. The van der Waals surface area contributed by atoms with Gasteiger partial charge in [-0.3, -0.25) is 14.4 Å². The molecule has 4 atom stereocenters. The van der Waals surface area contributed by atoms with Crippen molar-refractivity contribution < 1.29 is 45.0 Å². The van der Waals surface area contributed by atoms with Gasteiger partial charge in [0.25, 0.3) is 11.8 Å². The molecule has 0 bridgehead atoms. The maximum atomic E-state index is 13.1. The van der Waals surface area contributed by atoms with Gasteiger partial charge in [-0.15, -0.1) is 0 Å². The average molecular weight is 849 g/mol. The molecule has 0 heterocycles. The van der Waals surface area contributed by atoms with Crippen LogP contribution in [0.2, 0.25) is 0 Å². The Bertz CT molecular complexity index is 890. The number of hydrogen-bond acceptors (Lipinski definition) is 9. The fourth-order valence-electron chi connectivity index (χ4n) is 3.04. The van der Waals surface area contributed by atoms with E-state index >= 15 is 0 Å². The molecule has 0 saturated carbocycles. The van der Waals surface area contributed by atoms with Gasteiger partial charge in [0.05, 0.1) is 61.6 Å². The first-order chi connectivity index (χ1) is 16.8. The van der Waals surface area contributed by atoms with Crippen LogP contribution in [-0.4, -0.2) is 106 Å². The van der Waals surface area contributed by atoms with Crippen molar-refractivity contribution in [1.82, 2.24) is 10.6 Å². The monoisotopic (exact) mass is 849 g/mol. The second kappa shape index (κ2) is 15.9. The van der Waals surface area contributed by atoms with Gasteiger partial charge < -0.3 is 46.2 Å². The van der Waals surface area contributed by atoms with Gasteiger partial charge >= 0.3 is 0 Å². The van der Waals surface area contributed by atoms with Gasteiger partial charge in [-0.1, -0.05) is 0 Å². The molecular formula is C21H30I3N3O9. The van der Waals surface area contributed by atoms with Crippen molar-refractivity contribution in [2.75, 3.05) is 38.3 Å². The summed E-state index contributed by atoms with van der Waals surface area (Å²) in [5, 5.41) is 61.9. The third-order valence-corrected chi connectivity index (χ3v) is 8.24. The molecule has 0 saturated heterocycles. The number of amides is 3. The van der Waals surface area contributed by atoms with E-state index in [2.05, 4.69) is 10.6 Å². The van der Waals surface area contributed by atoms with Crippen molar-refractivity contribution in [3.05, 3.63) is 21.8 Å². The molecule has 1 rings (SSSR count). The molecule has 4 unspecified atom stereocenters. The summed E-state index contributed by atoms with van der Waals surface area (Å²) in [6.45, 7) is -0.204. The summed E-state index contributed by atoms with van der Waals surface area (Å²) in [4.78, 5) is 39.7. The highest BCUT2D eigenvalue weighted by Gasteiger charge is 2.30. The molecule has 1 aromatic rings. The predicted octanol–water partition coefficient (Wildman–Crippen LogP) is -0.849. The van der Waals surface area contributed by atoms with Crippen LogP contribution in [0.4, 0.5) is 5.69 Å². The number of halogens is 3. The van der Waals surface area contributed by atoms with E-state index in [0.717, 1.165) is 0 Å². The maximum absolute atomic E-state index is 13.1. The minimum atomic E-state index is -1.14. The zero-order chi connectivity index (χ0) is 27.7. The lowest BCUT2D eigenvalue weighted by Crippen LogP contribution is -2.38. The first-order valence-electron chi connectivity index (χ1n) is 10.7. The molecule has 15 heteroatoms. The molecule has 36 heavy (non-hydrogen) atoms. The number of nitrogens with zero attached hydrogens (tertiary/aromatic N) is 1. The van der Waals surface area contributed by atoms with Crippen molar-refractivity contribution in [3.8, 4) is 0 Å². The highest BCUT2D eigenvalue weighted by molar-refractivity contribution is 14.1. The average Bonchev–Trinajstić information content (AvgIpc) is 2.80. The van der Waals surface area contributed by atoms with Gasteiger partial charge in [-0.05, 0) is 67.8 Å². The smallest absolute Gasteiger partial charge is 0.253 e. The second-order valence-electron chi connectivity index (χ2n) is 7.99. The van der Waals surface area contributed by atoms with Crippen LogP contribution in [0.5, 0.6) is 0 Å². The second-order valence-corrected chi connectivity index (χ2v) is 11.2. The van der Waals surface area contributed by atoms with Crippen molar-refractivity contribution in [2.24, 2.45) is 0 Å². The number of aliphatic hydroxyl groups excluding tert-OH is 6. The number of aliphatic hydroxyl groups is 6. The molecule has 0 aliphatic carbocycles. The van der Waals surface area contributed by atoms with E-state index in [1.54, 1.807) is 0 Å². The van der Waals surface area contributed by atoms with Gasteiger partial charge in [0, 0.05) is 43.5 Å². The molecule has 0 aliphatic rings. The summed E-state index contributed by atoms with van der Waals surface area (Å²) in [6, 6.07) is 0. The fourth-order valence-corrected chi connectivity index (χ4v) is 7.91. The Morgan fingerprint density at radius 2 is 1.11 bits per heavy atom. The van der Waals surface area contributed by atoms with E-state index in [1.165, 1.54) is 18.9 Å². The van der Waals surface area contributed by atoms with Gasteiger partial charge in [0.15, 0.2) is 0 Å². The minimum absolute atomic E-state index is 0.0935. The van der Waals surface area contributed by atoms with Crippen molar-refractivity contribution in [3.63, 3.8) is 0 Å². The first kappa shape index (κ1) is 33.6. The van der Waals surface area contributed by atoms with E-state index in [0.29, 0.717) is 12.8 Å². The Balaban J connectivity index is 3.37. The quantitative estimate of drug-likeness (QED) is 0.117. The zero-order valence-corrected chi connectivity index (χ0v) is 26.0. The van der Waals surface area contributed by atoms with Crippen LogP contribution in [0, 0.1) is 10.7 Å². The molecule has 0 aromatic heterocycles. The van der Waals surface area contributed by atoms with Crippen LogP contribution < -0.4 is 15.5 Å². The van der Waals surface area contributed by atoms with Gasteiger partial charge in [-0.2, -0.15) is 0 Å². The van der Waals surface area contributed by atoms with Gasteiger partial charge in [0.2, 0.25) is 5.91 Å². The molecule has 0 spiro atoms. The lowest BCUT2D eigenvalue weighted by molar-refractivity contribution is -0.116. The summed E-state index contributed by atoms with van der Waals surface area (Å²) < 4.78 is 1.06. The summed E-state index contributed by atoms with van der Waals surface area (Å²) in [6.07, 6.45) is -4.86. The van der Waals surface area contributed by atoms with Crippen LogP contribution in [0.1, 0.15) is 40.5 Å². The first-order valence-corrected chi connectivity index (χ1v) is 13.9. The lowest BCUT2D eigenvalue weighted by Gasteiger charge is -2.24. The Labute approximate surface area is 249 Å². The Hall–Kier alpha value is -0.420.